The zero-order chi connectivity index (χ0) is 9.84. The molecule has 0 aromatic heterocycles. The zero-order valence-corrected chi connectivity index (χ0v) is 7.38. The first-order chi connectivity index (χ1) is 6.09. The van der Waals surface area contributed by atoms with E-state index in [1.165, 1.54) is 18.2 Å². The monoisotopic (exact) mass is 201 g/mol. The van der Waals surface area contributed by atoms with Crippen LogP contribution < -0.4 is 5.32 Å². The van der Waals surface area contributed by atoms with Gasteiger partial charge in [0.1, 0.15) is 12.3 Å². The molecule has 0 fully saturated rings. The highest BCUT2D eigenvalue weighted by atomic mass is 35.5. The summed E-state index contributed by atoms with van der Waals surface area (Å²) in [6, 6.07) is 4.37. The molecule has 0 radical (unpaired) electrons. The van der Waals surface area contributed by atoms with Crippen LogP contribution in [0.2, 0.25) is 5.02 Å². The van der Waals surface area contributed by atoms with Crippen LogP contribution in [0.15, 0.2) is 18.2 Å². The van der Waals surface area contributed by atoms with Gasteiger partial charge in [0.15, 0.2) is 0 Å². The SMILES string of the molecule is O=C(O)CNc1cc(Cl)ccc1O. The summed E-state index contributed by atoms with van der Waals surface area (Å²) in [6.07, 6.45) is 0. The zero-order valence-electron chi connectivity index (χ0n) is 6.62. The normalized spacial score (nSPS) is 9.62. The van der Waals surface area contributed by atoms with Crippen molar-refractivity contribution in [2.45, 2.75) is 0 Å². The summed E-state index contributed by atoms with van der Waals surface area (Å²) in [5.74, 6) is -1.02. The molecule has 3 N–H and O–H groups in total. The standard InChI is InChI=1S/C8H8ClNO3/c9-5-1-2-7(11)6(3-5)10-4-8(12)13/h1-3,10-11H,4H2,(H,12,13). The molecule has 0 saturated carbocycles. The largest absolute Gasteiger partial charge is 0.506 e. The van der Waals surface area contributed by atoms with Crippen LogP contribution in [-0.2, 0) is 4.79 Å². The van der Waals surface area contributed by atoms with E-state index in [2.05, 4.69) is 5.32 Å². The van der Waals surface area contributed by atoms with Crippen molar-refractivity contribution in [3.63, 3.8) is 0 Å². The number of carbonyl (C=O) groups is 1. The Balaban J connectivity index is 2.75. The summed E-state index contributed by atoms with van der Waals surface area (Å²) in [6.45, 7) is -0.256. The number of aliphatic carboxylic acids is 1. The molecular weight excluding hydrogens is 194 g/mol. The molecule has 0 saturated heterocycles. The average Bonchev–Trinajstić information content (AvgIpc) is 2.06. The fraction of sp³-hybridized carbons (Fsp3) is 0.125. The topological polar surface area (TPSA) is 69.6 Å². The number of halogens is 1. The maximum Gasteiger partial charge on any atom is 0.322 e. The van der Waals surface area contributed by atoms with E-state index in [1.54, 1.807) is 0 Å². The van der Waals surface area contributed by atoms with Crippen LogP contribution in [-0.4, -0.2) is 22.7 Å². The van der Waals surface area contributed by atoms with Crippen LogP contribution in [0.4, 0.5) is 5.69 Å². The second-order valence-electron chi connectivity index (χ2n) is 2.41. The number of anilines is 1. The lowest BCUT2D eigenvalue weighted by atomic mass is 10.3. The Bertz CT molecular complexity index is 327. The molecule has 1 aromatic rings. The summed E-state index contributed by atoms with van der Waals surface area (Å²) in [7, 11) is 0. The second-order valence-corrected chi connectivity index (χ2v) is 2.85. The van der Waals surface area contributed by atoms with E-state index >= 15 is 0 Å². The minimum Gasteiger partial charge on any atom is -0.506 e. The van der Waals surface area contributed by atoms with E-state index in [-0.39, 0.29) is 12.3 Å². The van der Waals surface area contributed by atoms with Gasteiger partial charge in [0.05, 0.1) is 5.69 Å². The third kappa shape index (κ3) is 2.83. The Morgan fingerprint density at radius 2 is 2.23 bits per heavy atom. The molecule has 0 heterocycles. The van der Waals surface area contributed by atoms with Crippen molar-refractivity contribution in [1.29, 1.82) is 0 Å². The van der Waals surface area contributed by atoms with Gasteiger partial charge in [-0.05, 0) is 18.2 Å². The van der Waals surface area contributed by atoms with Crippen LogP contribution in [0.5, 0.6) is 5.75 Å². The van der Waals surface area contributed by atoms with Crippen LogP contribution >= 0.6 is 11.6 Å². The first-order valence-electron chi connectivity index (χ1n) is 3.54. The van der Waals surface area contributed by atoms with E-state index in [0.717, 1.165) is 0 Å². The summed E-state index contributed by atoms with van der Waals surface area (Å²) in [4.78, 5) is 10.2. The lowest BCUT2D eigenvalue weighted by molar-refractivity contribution is -0.134. The van der Waals surface area contributed by atoms with Gasteiger partial charge in [-0.1, -0.05) is 11.6 Å². The Labute approximate surface area is 79.8 Å². The van der Waals surface area contributed by atoms with E-state index in [4.69, 9.17) is 16.7 Å². The minimum absolute atomic E-state index is 0.0225. The van der Waals surface area contributed by atoms with E-state index in [1.807, 2.05) is 0 Å². The van der Waals surface area contributed by atoms with Crippen molar-refractivity contribution >= 4 is 23.3 Å². The molecule has 0 aliphatic heterocycles. The molecule has 0 unspecified atom stereocenters. The van der Waals surface area contributed by atoms with Crippen molar-refractivity contribution in [2.75, 3.05) is 11.9 Å². The molecule has 5 heteroatoms. The summed E-state index contributed by atoms with van der Waals surface area (Å²) < 4.78 is 0. The van der Waals surface area contributed by atoms with E-state index in [9.17, 15) is 9.90 Å². The number of nitrogens with one attached hydrogen (secondary N) is 1. The Morgan fingerprint density at radius 3 is 2.85 bits per heavy atom. The van der Waals surface area contributed by atoms with Gasteiger partial charge < -0.3 is 15.5 Å². The fourth-order valence-electron chi connectivity index (χ4n) is 0.821. The van der Waals surface area contributed by atoms with Crippen molar-refractivity contribution in [2.24, 2.45) is 0 Å². The van der Waals surface area contributed by atoms with Gasteiger partial charge in [-0.2, -0.15) is 0 Å². The molecule has 0 aliphatic rings. The lowest BCUT2D eigenvalue weighted by Crippen LogP contribution is -2.12. The minimum atomic E-state index is -1.00. The molecule has 4 nitrogen and oxygen atoms in total. The van der Waals surface area contributed by atoms with Gasteiger partial charge in [-0.25, -0.2) is 0 Å². The van der Waals surface area contributed by atoms with Crippen molar-refractivity contribution < 1.29 is 15.0 Å². The van der Waals surface area contributed by atoms with Gasteiger partial charge in [0.25, 0.3) is 0 Å². The molecule has 0 amide bonds. The molecule has 1 aromatic carbocycles. The van der Waals surface area contributed by atoms with Gasteiger partial charge >= 0.3 is 5.97 Å². The highest BCUT2D eigenvalue weighted by Crippen LogP contribution is 2.25. The predicted molar refractivity (Wildman–Crippen MR) is 49.2 cm³/mol. The van der Waals surface area contributed by atoms with Crippen molar-refractivity contribution in [3.05, 3.63) is 23.2 Å². The molecule has 13 heavy (non-hydrogen) atoms. The number of carboxylic acids is 1. The maximum absolute atomic E-state index is 10.2. The molecule has 0 atom stereocenters. The summed E-state index contributed by atoms with van der Waals surface area (Å²) >= 11 is 5.63. The molecular formula is C8H8ClNO3. The Kier molecular flexibility index (Phi) is 2.97. The fourth-order valence-corrected chi connectivity index (χ4v) is 0.993. The van der Waals surface area contributed by atoms with E-state index < -0.39 is 5.97 Å². The smallest absolute Gasteiger partial charge is 0.322 e. The Morgan fingerprint density at radius 1 is 1.54 bits per heavy atom. The highest BCUT2D eigenvalue weighted by Gasteiger charge is 2.02. The van der Waals surface area contributed by atoms with Gasteiger partial charge in [0.2, 0.25) is 0 Å². The molecule has 0 spiro atoms. The Hall–Kier alpha value is -1.42. The average molecular weight is 202 g/mol. The van der Waals surface area contributed by atoms with Gasteiger partial charge in [-0.15, -0.1) is 0 Å². The molecule has 0 bridgehead atoms. The number of rotatable bonds is 3. The summed E-state index contributed by atoms with van der Waals surface area (Å²) in [5.41, 5.74) is 0.315. The maximum atomic E-state index is 10.2. The first kappa shape index (κ1) is 9.67. The van der Waals surface area contributed by atoms with Crippen LogP contribution in [0, 0.1) is 0 Å². The van der Waals surface area contributed by atoms with Crippen LogP contribution in [0.1, 0.15) is 0 Å². The number of phenolic OH excluding ortho intramolecular Hbond substituents is 1. The molecule has 1 rings (SSSR count). The second kappa shape index (κ2) is 4.00. The number of benzene rings is 1. The lowest BCUT2D eigenvalue weighted by Gasteiger charge is -2.05. The number of hydrogen-bond donors (Lipinski definition) is 3. The molecule has 0 aliphatic carbocycles. The number of hydrogen-bond acceptors (Lipinski definition) is 3. The first-order valence-corrected chi connectivity index (χ1v) is 3.91. The van der Waals surface area contributed by atoms with Crippen molar-refractivity contribution in [1.82, 2.24) is 0 Å². The third-order valence-corrected chi connectivity index (χ3v) is 1.62. The third-order valence-electron chi connectivity index (χ3n) is 1.39. The number of aromatic hydroxyl groups is 1. The predicted octanol–water partition coefficient (Wildman–Crippen LogP) is 1.54. The summed E-state index contributed by atoms with van der Waals surface area (Å²) in [5, 5.41) is 20.5. The number of carboxylic acid groups (broad SMARTS) is 1. The van der Waals surface area contributed by atoms with Gasteiger partial charge in [-0.3, -0.25) is 4.79 Å². The van der Waals surface area contributed by atoms with Crippen LogP contribution in [0.25, 0.3) is 0 Å². The van der Waals surface area contributed by atoms with E-state index in [0.29, 0.717) is 10.7 Å². The van der Waals surface area contributed by atoms with Gasteiger partial charge in [0, 0.05) is 5.02 Å². The highest BCUT2D eigenvalue weighted by molar-refractivity contribution is 6.30. The number of phenols is 1. The quantitative estimate of drug-likeness (QED) is 0.649. The molecule has 70 valence electrons. The van der Waals surface area contributed by atoms with Crippen molar-refractivity contribution in [3.8, 4) is 5.75 Å². The van der Waals surface area contributed by atoms with Crippen LogP contribution in [0.3, 0.4) is 0 Å².